The highest BCUT2D eigenvalue weighted by molar-refractivity contribution is 5.57. The number of rotatable bonds is 4. The maximum Gasteiger partial charge on any atom is 0.126 e. The van der Waals surface area contributed by atoms with Gasteiger partial charge in [0, 0.05) is 36.6 Å². The van der Waals surface area contributed by atoms with Crippen LogP contribution in [0.25, 0.3) is 11.3 Å². The molecule has 1 aromatic carbocycles. The van der Waals surface area contributed by atoms with Crippen LogP contribution in [0.2, 0.25) is 0 Å². The normalized spacial score (nSPS) is 18.3. The van der Waals surface area contributed by atoms with E-state index in [1.807, 2.05) is 36.5 Å². The molecule has 2 N–H and O–H groups in total. The number of aromatic hydroxyl groups is 1. The topological polar surface area (TPSA) is 74.3 Å². The van der Waals surface area contributed by atoms with Crippen LogP contribution in [0.4, 0.5) is 0 Å². The molecule has 3 aromatic rings. The van der Waals surface area contributed by atoms with Crippen LogP contribution in [0.1, 0.15) is 17.4 Å². The van der Waals surface area contributed by atoms with Crippen molar-refractivity contribution in [1.82, 2.24) is 19.9 Å². The smallest absolute Gasteiger partial charge is 0.126 e. The number of morpholine rings is 1. The van der Waals surface area contributed by atoms with Gasteiger partial charge in [-0.1, -0.05) is 18.2 Å². The summed E-state index contributed by atoms with van der Waals surface area (Å²) in [5.74, 6) is 1.20. The SMILES string of the molecule is Oc1ccccc1CN1CCOC[C@H]1c1ncc(-c2ccncc2)[nH]1. The lowest BCUT2D eigenvalue weighted by Gasteiger charge is -2.34. The van der Waals surface area contributed by atoms with Crippen LogP contribution in [-0.4, -0.2) is 44.7 Å². The van der Waals surface area contributed by atoms with Gasteiger partial charge in [-0.2, -0.15) is 0 Å². The molecule has 1 atom stereocenters. The van der Waals surface area contributed by atoms with Crippen LogP contribution < -0.4 is 0 Å². The molecule has 1 fully saturated rings. The number of hydrogen-bond donors (Lipinski definition) is 2. The number of imidazole rings is 1. The molecule has 4 rings (SSSR count). The molecule has 1 aliphatic rings. The van der Waals surface area contributed by atoms with Gasteiger partial charge >= 0.3 is 0 Å². The third-order valence-electron chi connectivity index (χ3n) is 4.51. The van der Waals surface area contributed by atoms with Crippen LogP contribution in [0.3, 0.4) is 0 Å². The van der Waals surface area contributed by atoms with Crippen molar-refractivity contribution >= 4 is 0 Å². The molecule has 0 aliphatic carbocycles. The van der Waals surface area contributed by atoms with Crippen molar-refractivity contribution in [2.75, 3.05) is 19.8 Å². The fraction of sp³-hybridized carbons (Fsp3) is 0.263. The van der Waals surface area contributed by atoms with Crippen LogP contribution in [0.15, 0.2) is 55.0 Å². The predicted octanol–water partition coefficient (Wildman–Crippen LogP) is 2.75. The number of benzene rings is 1. The fourth-order valence-corrected chi connectivity index (χ4v) is 3.13. The van der Waals surface area contributed by atoms with E-state index in [-0.39, 0.29) is 6.04 Å². The van der Waals surface area contributed by atoms with Gasteiger partial charge in [0.1, 0.15) is 11.6 Å². The van der Waals surface area contributed by atoms with E-state index < -0.39 is 0 Å². The molecule has 6 nitrogen and oxygen atoms in total. The highest BCUT2D eigenvalue weighted by atomic mass is 16.5. The Kier molecular flexibility index (Phi) is 4.45. The van der Waals surface area contributed by atoms with E-state index in [0.29, 0.717) is 25.5 Å². The summed E-state index contributed by atoms with van der Waals surface area (Å²) in [7, 11) is 0. The van der Waals surface area contributed by atoms with Crippen molar-refractivity contribution in [3.05, 3.63) is 66.4 Å². The average Bonchev–Trinajstić information content (AvgIpc) is 3.15. The number of phenolic OH excluding ortho intramolecular Hbond substituents is 1. The number of phenols is 1. The van der Waals surface area contributed by atoms with Gasteiger partial charge in [-0.3, -0.25) is 9.88 Å². The van der Waals surface area contributed by atoms with Crippen LogP contribution in [-0.2, 0) is 11.3 Å². The Labute approximate surface area is 146 Å². The van der Waals surface area contributed by atoms with Crippen molar-refractivity contribution in [2.24, 2.45) is 0 Å². The quantitative estimate of drug-likeness (QED) is 0.766. The number of nitrogens with one attached hydrogen (secondary N) is 1. The van der Waals surface area contributed by atoms with Gasteiger partial charge in [-0.05, 0) is 18.2 Å². The molecule has 0 unspecified atom stereocenters. The molecule has 3 heterocycles. The maximum absolute atomic E-state index is 10.1. The zero-order valence-corrected chi connectivity index (χ0v) is 13.8. The number of nitrogens with zero attached hydrogens (tertiary/aromatic N) is 3. The lowest BCUT2D eigenvalue weighted by molar-refractivity contribution is -0.0158. The summed E-state index contributed by atoms with van der Waals surface area (Å²) in [5.41, 5.74) is 2.93. The van der Waals surface area contributed by atoms with Gasteiger partial charge in [0.05, 0.1) is 31.1 Å². The molecule has 0 saturated carbocycles. The predicted molar refractivity (Wildman–Crippen MR) is 93.9 cm³/mol. The minimum Gasteiger partial charge on any atom is -0.508 e. The molecule has 25 heavy (non-hydrogen) atoms. The van der Waals surface area contributed by atoms with E-state index in [9.17, 15) is 5.11 Å². The van der Waals surface area contributed by atoms with Crippen molar-refractivity contribution in [3.63, 3.8) is 0 Å². The van der Waals surface area contributed by atoms with Crippen LogP contribution >= 0.6 is 0 Å². The zero-order valence-electron chi connectivity index (χ0n) is 13.8. The highest BCUT2D eigenvalue weighted by Gasteiger charge is 2.27. The Morgan fingerprint density at radius 1 is 1.20 bits per heavy atom. The van der Waals surface area contributed by atoms with Gasteiger partial charge in [-0.25, -0.2) is 4.98 Å². The van der Waals surface area contributed by atoms with E-state index in [1.165, 1.54) is 0 Å². The first kappa shape index (κ1) is 15.8. The number of ether oxygens (including phenoxy) is 1. The lowest BCUT2D eigenvalue weighted by atomic mass is 10.1. The third-order valence-corrected chi connectivity index (χ3v) is 4.51. The van der Waals surface area contributed by atoms with Crippen molar-refractivity contribution < 1.29 is 9.84 Å². The average molecular weight is 336 g/mol. The monoisotopic (exact) mass is 336 g/mol. The number of aromatic nitrogens is 3. The summed E-state index contributed by atoms with van der Waals surface area (Å²) >= 11 is 0. The second-order valence-electron chi connectivity index (χ2n) is 6.11. The lowest BCUT2D eigenvalue weighted by Crippen LogP contribution is -2.39. The van der Waals surface area contributed by atoms with Crippen LogP contribution in [0, 0.1) is 0 Å². The molecule has 0 amide bonds. The van der Waals surface area contributed by atoms with Gasteiger partial charge in [0.15, 0.2) is 0 Å². The second-order valence-corrected chi connectivity index (χ2v) is 6.11. The molecule has 1 aliphatic heterocycles. The molecule has 0 radical (unpaired) electrons. The van der Waals surface area contributed by atoms with Crippen molar-refractivity contribution in [1.29, 1.82) is 0 Å². The Morgan fingerprint density at radius 3 is 2.88 bits per heavy atom. The summed E-state index contributed by atoms with van der Waals surface area (Å²) in [6.07, 6.45) is 5.38. The summed E-state index contributed by atoms with van der Waals surface area (Å²) in [4.78, 5) is 14.3. The minimum atomic E-state index is 0.0314. The standard InChI is InChI=1S/C19H20N4O2/c24-18-4-2-1-3-15(18)12-23-9-10-25-13-17(23)19-21-11-16(22-19)14-5-7-20-8-6-14/h1-8,11,17,24H,9-10,12-13H2,(H,21,22)/t17-/m0/s1. The Hall–Kier alpha value is -2.70. The molecular weight excluding hydrogens is 316 g/mol. The first-order chi connectivity index (χ1) is 12.3. The first-order valence-electron chi connectivity index (χ1n) is 8.35. The summed E-state index contributed by atoms with van der Waals surface area (Å²) in [6, 6.07) is 11.4. The molecule has 128 valence electrons. The van der Waals surface area contributed by atoms with E-state index >= 15 is 0 Å². The highest BCUT2D eigenvalue weighted by Crippen LogP contribution is 2.28. The third kappa shape index (κ3) is 3.40. The Balaban J connectivity index is 1.57. The number of pyridine rings is 1. The fourth-order valence-electron chi connectivity index (χ4n) is 3.13. The minimum absolute atomic E-state index is 0.0314. The number of H-pyrrole nitrogens is 1. The maximum atomic E-state index is 10.1. The molecular formula is C19H20N4O2. The van der Waals surface area contributed by atoms with E-state index in [4.69, 9.17) is 4.74 Å². The zero-order chi connectivity index (χ0) is 17.1. The van der Waals surface area contributed by atoms with Gasteiger partial charge < -0.3 is 14.8 Å². The largest absolute Gasteiger partial charge is 0.508 e. The van der Waals surface area contributed by atoms with E-state index in [2.05, 4.69) is 19.9 Å². The van der Waals surface area contributed by atoms with Gasteiger partial charge in [0.25, 0.3) is 0 Å². The molecule has 0 spiro atoms. The van der Waals surface area contributed by atoms with Gasteiger partial charge in [-0.15, -0.1) is 0 Å². The number of aromatic amines is 1. The first-order valence-corrected chi connectivity index (χ1v) is 8.35. The summed E-state index contributed by atoms with van der Waals surface area (Å²) in [5, 5.41) is 10.1. The molecule has 2 aromatic heterocycles. The molecule has 6 heteroatoms. The van der Waals surface area contributed by atoms with Crippen molar-refractivity contribution in [3.8, 4) is 17.0 Å². The number of hydrogen-bond acceptors (Lipinski definition) is 5. The van der Waals surface area contributed by atoms with E-state index in [0.717, 1.165) is 29.2 Å². The summed E-state index contributed by atoms with van der Waals surface area (Å²) < 4.78 is 5.68. The molecule has 0 bridgehead atoms. The Bertz CT molecular complexity index is 834. The second kappa shape index (κ2) is 7.04. The molecule has 1 saturated heterocycles. The Morgan fingerprint density at radius 2 is 2.04 bits per heavy atom. The number of para-hydroxylation sites is 1. The van der Waals surface area contributed by atoms with E-state index in [1.54, 1.807) is 18.5 Å². The summed E-state index contributed by atoms with van der Waals surface area (Å²) in [6.45, 7) is 2.72. The van der Waals surface area contributed by atoms with Crippen molar-refractivity contribution in [2.45, 2.75) is 12.6 Å². The van der Waals surface area contributed by atoms with Crippen LogP contribution in [0.5, 0.6) is 5.75 Å². The van der Waals surface area contributed by atoms with Gasteiger partial charge in [0.2, 0.25) is 0 Å².